The summed E-state index contributed by atoms with van der Waals surface area (Å²) in [5, 5.41) is 9.09. The van der Waals surface area contributed by atoms with E-state index in [0.29, 0.717) is 5.56 Å². The average molecular weight is 484 g/mol. The smallest absolute Gasteiger partial charge is 0.335 e. The number of hydrogen-bond acceptors (Lipinski definition) is 3. The largest absolute Gasteiger partial charge is 0.478 e. The first-order valence-corrected chi connectivity index (χ1v) is 12.2. The summed E-state index contributed by atoms with van der Waals surface area (Å²) in [7, 11) is 4.01. The van der Waals surface area contributed by atoms with Gasteiger partial charge in [-0.3, -0.25) is 4.79 Å². The van der Waals surface area contributed by atoms with Crippen molar-refractivity contribution in [2.45, 2.75) is 52.4 Å². The Kier molecular flexibility index (Phi) is 7.59. The minimum atomic E-state index is -0.972. The second kappa shape index (κ2) is 10.1. The quantitative estimate of drug-likeness (QED) is 0.290. The standard InChI is InChI=1S/C32H37NO3/c1-31(2,3)25-16-14-22(15-17-25)26-19-24(20-27(33(7)8)29(26)32(4,5)6)28(34)18-11-21-9-12-23(13-10-21)30(35)36/h9-20H,1-8H3,(H,35,36)/b18-11+. The zero-order valence-corrected chi connectivity index (χ0v) is 22.6. The van der Waals surface area contributed by atoms with Crippen molar-refractivity contribution in [3.8, 4) is 11.1 Å². The third kappa shape index (κ3) is 6.12. The van der Waals surface area contributed by atoms with Gasteiger partial charge in [0.2, 0.25) is 0 Å². The first-order valence-electron chi connectivity index (χ1n) is 12.2. The van der Waals surface area contributed by atoms with E-state index in [9.17, 15) is 9.59 Å². The van der Waals surface area contributed by atoms with Crippen molar-refractivity contribution in [1.29, 1.82) is 0 Å². The monoisotopic (exact) mass is 483 g/mol. The first-order chi connectivity index (χ1) is 16.7. The minimum Gasteiger partial charge on any atom is -0.478 e. The third-order valence-electron chi connectivity index (χ3n) is 6.28. The summed E-state index contributed by atoms with van der Waals surface area (Å²) in [6.45, 7) is 13.2. The van der Waals surface area contributed by atoms with Gasteiger partial charge in [-0.15, -0.1) is 0 Å². The van der Waals surface area contributed by atoms with Crippen molar-refractivity contribution in [1.82, 2.24) is 0 Å². The Morgan fingerprint density at radius 2 is 1.36 bits per heavy atom. The second-order valence-electron chi connectivity index (χ2n) is 11.5. The highest BCUT2D eigenvalue weighted by Gasteiger charge is 2.26. The zero-order valence-electron chi connectivity index (χ0n) is 22.6. The number of benzene rings is 3. The predicted octanol–water partition coefficient (Wildman–Crippen LogP) is 7.61. The summed E-state index contributed by atoms with van der Waals surface area (Å²) >= 11 is 0. The highest BCUT2D eigenvalue weighted by atomic mass is 16.4. The van der Waals surface area contributed by atoms with Crippen molar-refractivity contribution in [3.63, 3.8) is 0 Å². The maximum atomic E-state index is 13.3. The van der Waals surface area contributed by atoms with Gasteiger partial charge in [0.1, 0.15) is 0 Å². The van der Waals surface area contributed by atoms with Crippen LogP contribution in [0.4, 0.5) is 5.69 Å². The van der Waals surface area contributed by atoms with Crippen LogP contribution in [0.25, 0.3) is 17.2 Å². The van der Waals surface area contributed by atoms with Crippen molar-refractivity contribution < 1.29 is 14.7 Å². The predicted molar refractivity (Wildman–Crippen MR) is 150 cm³/mol. The maximum Gasteiger partial charge on any atom is 0.335 e. The fourth-order valence-electron chi connectivity index (χ4n) is 4.29. The number of aromatic carboxylic acids is 1. The molecule has 3 rings (SSSR count). The lowest BCUT2D eigenvalue weighted by Crippen LogP contribution is -2.21. The lowest BCUT2D eigenvalue weighted by Gasteiger charge is -2.30. The van der Waals surface area contributed by atoms with Crippen LogP contribution in [0.2, 0.25) is 0 Å². The number of carbonyl (C=O) groups excluding carboxylic acids is 1. The first kappa shape index (κ1) is 26.9. The van der Waals surface area contributed by atoms with E-state index in [-0.39, 0.29) is 22.2 Å². The molecule has 0 saturated heterocycles. The lowest BCUT2D eigenvalue weighted by atomic mass is 9.78. The SMILES string of the molecule is CN(C)c1cc(C(=O)/C=C/c2ccc(C(=O)O)cc2)cc(-c2ccc(C(C)(C)C)cc2)c1C(C)(C)C. The van der Waals surface area contributed by atoms with E-state index in [1.165, 1.54) is 23.3 Å². The molecule has 1 N–H and O–H groups in total. The molecular formula is C32H37NO3. The number of nitrogens with zero attached hydrogens (tertiary/aromatic N) is 1. The van der Waals surface area contributed by atoms with Gasteiger partial charge >= 0.3 is 5.97 Å². The Morgan fingerprint density at radius 3 is 1.83 bits per heavy atom. The van der Waals surface area contributed by atoms with Gasteiger partial charge in [0.25, 0.3) is 0 Å². The summed E-state index contributed by atoms with van der Waals surface area (Å²) in [6, 6.07) is 19.1. The summed E-state index contributed by atoms with van der Waals surface area (Å²) in [5.41, 5.74) is 7.13. The molecule has 0 atom stereocenters. The molecule has 0 saturated carbocycles. The summed E-state index contributed by atoms with van der Waals surface area (Å²) in [5.74, 6) is -1.08. The molecule has 0 bridgehead atoms. The van der Waals surface area contributed by atoms with Crippen LogP contribution in [0, 0.1) is 0 Å². The van der Waals surface area contributed by atoms with E-state index >= 15 is 0 Å². The lowest BCUT2D eigenvalue weighted by molar-refractivity contribution is 0.0696. The molecule has 0 fully saturated rings. The molecule has 188 valence electrons. The van der Waals surface area contributed by atoms with Gasteiger partial charge in [-0.05, 0) is 69.0 Å². The average Bonchev–Trinajstić information content (AvgIpc) is 2.80. The molecule has 0 aromatic heterocycles. The van der Waals surface area contributed by atoms with Gasteiger partial charge in [0.15, 0.2) is 5.78 Å². The van der Waals surface area contributed by atoms with Crippen LogP contribution in [-0.4, -0.2) is 31.0 Å². The van der Waals surface area contributed by atoms with Crippen LogP contribution in [0.3, 0.4) is 0 Å². The van der Waals surface area contributed by atoms with E-state index in [1.54, 1.807) is 24.3 Å². The van der Waals surface area contributed by atoms with Gasteiger partial charge < -0.3 is 10.0 Å². The van der Waals surface area contributed by atoms with Crippen molar-refractivity contribution >= 4 is 23.5 Å². The van der Waals surface area contributed by atoms with Crippen molar-refractivity contribution in [3.05, 3.63) is 94.6 Å². The maximum absolute atomic E-state index is 13.3. The fraction of sp³-hybridized carbons (Fsp3) is 0.312. The van der Waals surface area contributed by atoms with E-state index in [0.717, 1.165) is 22.4 Å². The van der Waals surface area contributed by atoms with Gasteiger partial charge in [-0.2, -0.15) is 0 Å². The molecule has 0 aliphatic rings. The molecule has 0 aliphatic carbocycles. The number of allylic oxidation sites excluding steroid dienone is 1. The number of carbonyl (C=O) groups is 2. The minimum absolute atomic E-state index is 0.0610. The molecule has 4 nitrogen and oxygen atoms in total. The Bertz CT molecular complexity index is 1280. The highest BCUT2D eigenvalue weighted by Crippen LogP contribution is 2.41. The van der Waals surface area contributed by atoms with Crippen molar-refractivity contribution in [2.75, 3.05) is 19.0 Å². The number of anilines is 1. The van der Waals surface area contributed by atoms with E-state index in [2.05, 4.69) is 70.7 Å². The molecule has 36 heavy (non-hydrogen) atoms. The number of rotatable bonds is 6. The van der Waals surface area contributed by atoms with E-state index in [4.69, 9.17) is 5.11 Å². The fourth-order valence-corrected chi connectivity index (χ4v) is 4.29. The van der Waals surface area contributed by atoms with Crippen LogP contribution in [0.1, 0.15) is 78.9 Å². The Labute approximate surface area is 215 Å². The molecule has 0 aliphatic heterocycles. The zero-order chi connectivity index (χ0) is 26.8. The van der Waals surface area contributed by atoms with Crippen LogP contribution in [0.5, 0.6) is 0 Å². The number of hydrogen-bond donors (Lipinski definition) is 1. The molecule has 3 aromatic rings. The molecule has 0 unspecified atom stereocenters. The topological polar surface area (TPSA) is 57.6 Å². The summed E-state index contributed by atoms with van der Waals surface area (Å²) in [6.07, 6.45) is 3.27. The number of ketones is 1. The second-order valence-corrected chi connectivity index (χ2v) is 11.5. The van der Waals surface area contributed by atoms with Gasteiger partial charge in [-0.25, -0.2) is 4.79 Å². The molecule has 0 amide bonds. The van der Waals surface area contributed by atoms with E-state index < -0.39 is 5.97 Å². The van der Waals surface area contributed by atoms with Crippen LogP contribution in [0.15, 0.2) is 66.7 Å². The van der Waals surface area contributed by atoms with Gasteiger partial charge in [-0.1, -0.05) is 84.0 Å². The number of carboxylic acid groups (broad SMARTS) is 1. The van der Waals surface area contributed by atoms with Crippen molar-refractivity contribution in [2.24, 2.45) is 0 Å². The highest BCUT2D eigenvalue weighted by molar-refractivity contribution is 6.08. The molecular weight excluding hydrogens is 446 g/mol. The molecule has 3 aromatic carbocycles. The van der Waals surface area contributed by atoms with Gasteiger partial charge in [0, 0.05) is 25.3 Å². The molecule has 4 heteroatoms. The Morgan fingerprint density at radius 1 is 0.778 bits per heavy atom. The molecule has 0 heterocycles. The Balaban J connectivity index is 2.10. The van der Waals surface area contributed by atoms with Crippen LogP contribution in [-0.2, 0) is 10.8 Å². The van der Waals surface area contributed by atoms with Gasteiger partial charge in [0.05, 0.1) is 5.56 Å². The summed E-state index contributed by atoms with van der Waals surface area (Å²) < 4.78 is 0. The molecule has 0 spiro atoms. The van der Waals surface area contributed by atoms with Crippen LogP contribution >= 0.6 is 0 Å². The summed E-state index contributed by atoms with van der Waals surface area (Å²) in [4.78, 5) is 26.5. The normalized spacial score (nSPS) is 12.1. The van der Waals surface area contributed by atoms with E-state index in [1.807, 2.05) is 26.2 Å². The Hall–Kier alpha value is -3.66. The number of carboxylic acids is 1. The third-order valence-corrected chi connectivity index (χ3v) is 6.28. The molecule has 0 radical (unpaired) electrons. The van der Waals surface area contributed by atoms with Crippen LogP contribution < -0.4 is 4.90 Å².